The minimum atomic E-state index is -0.285. The van der Waals surface area contributed by atoms with E-state index in [1.807, 2.05) is 47.6 Å². The molecule has 0 bridgehead atoms. The van der Waals surface area contributed by atoms with Crippen LogP contribution in [0.5, 0.6) is 0 Å². The molecule has 32 heavy (non-hydrogen) atoms. The van der Waals surface area contributed by atoms with Gasteiger partial charge >= 0.3 is 0 Å². The number of rotatable bonds is 6. The number of aromatic amines is 1. The minimum absolute atomic E-state index is 0.0834. The smallest absolute Gasteiger partial charge is 0.232 e. The van der Waals surface area contributed by atoms with Crippen molar-refractivity contribution in [1.29, 1.82) is 0 Å². The van der Waals surface area contributed by atoms with E-state index in [-0.39, 0.29) is 17.9 Å². The van der Waals surface area contributed by atoms with Crippen LogP contribution in [0.25, 0.3) is 16.9 Å². The summed E-state index contributed by atoms with van der Waals surface area (Å²) in [4.78, 5) is 27.1. The van der Waals surface area contributed by atoms with Crippen LogP contribution in [0.4, 0.5) is 0 Å². The van der Waals surface area contributed by atoms with E-state index in [1.54, 1.807) is 4.68 Å². The van der Waals surface area contributed by atoms with Crippen LogP contribution in [-0.4, -0.2) is 48.1 Å². The molecule has 4 aromatic rings. The normalized spacial score (nSPS) is 14.3. The van der Waals surface area contributed by atoms with Crippen molar-refractivity contribution in [3.63, 3.8) is 0 Å². The number of nitrogens with zero attached hydrogens (tertiary/aromatic N) is 5. The van der Waals surface area contributed by atoms with Gasteiger partial charge in [0.05, 0.1) is 23.5 Å². The van der Waals surface area contributed by atoms with Gasteiger partial charge in [-0.25, -0.2) is 14.6 Å². The van der Waals surface area contributed by atoms with Crippen molar-refractivity contribution in [2.24, 2.45) is 0 Å². The van der Waals surface area contributed by atoms with Crippen LogP contribution in [0.2, 0.25) is 5.02 Å². The zero-order valence-corrected chi connectivity index (χ0v) is 18.7. The molecule has 1 aromatic carbocycles. The topological polar surface area (TPSA) is 91.7 Å². The predicted octanol–water partition coefficient (Wildman–Crippen LogP) is 3.42. The number of fused-ring (bicyclic) bond motifs is 2. The highest BCUT2D eigenvalue weighted by atomic mass is 35.5. The summed E-state index contributed by atoms with van der Waals surface area (Å²) in [6.45, 7) is 5.73. The first-order valence-electron chi connectivity index (χ1n) is 10.6. The molecule has 0 aliphatic carbocycles. The number of benzene rings is 1. The lowest BCUT2D eigenvalue weighted by molar-refractivity contribution is -0.133. The van der Waals surface area contributed by atoms with Crippen molar-refractivity contribution < 1.29 is 4.79 Å². The van der Waals surface area contributed by atoms with Gasteiger partial charge in [-0.1, -0.05) is 37.6 Å². The van der Waals surface area contributed by atoms with E-state index in [2.05, 4.69) is 34.1 Å². The number of carbonyl (C=O) groups excluding carboxylic acids is 1. The van der Waals surface area contributed by atoms with Crippen molar-refractivity contribution in [1.82, 2.24) is 34.9 Å². The number of halogens is 1. The van der Waals surface area contributed by atoms with Gasteiger partial charge in [0, 0.05) is 42.1 Å². The van der Waals surface area contributed by atoms with Gasteiger partial charge in [0.1, 0.15) is 12.0 Å². The van der Waals surface area contributed by atoms with Crippen molar-refractivity contribution in [2.75, 3.05) is 6.54 Å². The molecule has 164 valence electrons. The van der Waals surface area contributed by atoms with Crippen LogP contribution in [0.3, 0.4) is 0 Å². The Bertz CT molecular complexity index is 1240. The number of nitrogens with one attached hydrogen (secondary N) is 2. The summed E-state index contributed by atoms with van der Waals surface area (Å²) in [5.74, 6) is 0.524. The van der Waals surface area contributed by atoms with Gasteiger partial charge in [-0.05, 0) is 23.8 Å². The lowest BCUT2D eigenvalue weighted by Crippen LogP contribution is -2.38. The third-order valence-corrected chi connectivity index (χ3v) is 5.99. The fourth-order valence-electron chi connectivity index (χ4n) is 4.08. The molecule has 0 radical (unpaired) electrons. The molecule has 5 rings (SSSR count). The van der Waals surface area contributed by atoms with Crippen LogP contribution >= 0.6 is 11.6 Å². The Morgan fingerprint density at radius 1 is 1.19 bits per heavy atom. The summed E-state index contributed by atoms with van der Waals surface area (Å²) in [5, 5.41) is 9.70. The Morgan fingerprint density at radius 3 is 2.75 bits per heavy atom. The first-order valence-corrected chi connectivity index (χ1v) is 11.0. The van der Waals surface area contributed by atoms with Crippen molar-refractivity contribution in [3.8, 4) is 5.82 Å². The molecule has 9 heteroatoms. The number of hydrogen-bond donors (Lipinski definition) is 2. The monoisotopic (exact) mass is 449 g/mol. The molecule has 8 nitrogen and oxygen atoms in total. The molecule has 3 aromatic heterocycles. The average molecular weight is 450 g/mol. The summed E-state index contributed by atoms with van der Waals surface area (Å²) in [6, 6.07) is 9.75. The summed E-state index contributed by atoms with van der Waals surface area (Å²) in [5.41, 5.74) is 3.66. The Hall–Kier alpha value is -3.23. The second-order valence-electron chi connectivity index (χ2n) is 8.34. The maximum Gasteiger partial charge on any atom is 0.232 e. The van der Waals surface area contributed by atoms with E-state index >= 15 is 0 Å². The predicted molar refractivity (Wildman–Crippen MR) is 123 cm³/mol. The summed E-state index contributed by atoms with van der Waals surface area (Å²) in [6.07, 6.45) is 5.32. The van der Waals surface area contributed by atoms with Crippen molar-refractivity contribution in [2.45, 2.75) is 38.9 Å². The number of H-pyrrole nitrogens is 1. The maximum atomic E-state index is 13.5. The lowest BCUT2D eigenvalue weighted by atomic mass is 9.97. The Labute approximate surface area is 190 Å². The van der Waals surface area contributed by atoms with E-state index in [0.29, 0.717) is 24.7 Å². The molecule has 2 N–H and O–H groups in total. The Morgan fingerprint density at radius 2 is 2.00 bits per heavy atom. The standard InChI is InChI=1S/C23H24ClN7O/c1-14(2)26-9-19(15-3-5-17(24)6-4-15)23(32)30-10-16-11-31(29-20(16)12-30)22-18-7-8-25-21(18)27-13-28-22/h3-8,11,13-14,19,26H,9-10,12H2,1-2H3,(H,25,27,28)/t19-/m1/s1. The minimum Gasteiger partial charge on any atom is -0.346 e. The molecule has 1 amide bonds. The molecule has 1 aliphatic rings. The second kappa shape index (κ2) is 8.37. The number of amides is 1. The van der Waals surface area contributed by atoms with Crippen LogP contribution in [-0.2, 0) is 17.9 Å². The molecule has 4 heterocycles. The molecular formula is C23H24ClN7O. The molecule has 1 atom stereocenters. The molecule has 0 unspecified atom stereocenters. The van der Waals surface area contributed by atoms with Gasteiger partial charge in [0.2, 0.25) is 5.91 Å². The highest BCUT2D eigenvalue weighted by molar-refractivity contribution is 6.30. The maximum absolute atomic E-state index is 13.5. The van der Waals surface area contributed by atoms with Gasteiger partial charge in [-0.3, -0.25) is 4.79 Å². The molecule has 0 saturated heterocycles. The van der Waals surface area contributed by atoms with Crippen molar-refractivity contribution in [3.05, 3.63) is 70.9 Å². The molecular weight excluding hydrogens is 426 g/mol. The summed E-state index contributed by atoms with van der Waals surface area (Å²) < 4.78 is 1.78. The van der Waals surface area contributed by atoms with Crippen LogP contribution in [0, 0.1) is 0 Å². The zero-order chi connectivity index (χ0) is 22.2. The molecule has 0 saturated carbocycles. The average Bonchev–Trinajstić information content (AvgIpc) is 3.49. The largest absolute Gasteiger partial charge is 0.346 e. The first-order chi connectivity index (χ1) is 15.5. The quantitative estimate of drug-likeness (QED) is 0.470. The van der Waals surface area contributed by atoms with E-state index in [4.69, 9.17) is 16.7 Å². The van der Waals surface area contributed by atoms with E-state index < -0.39 is 0 Å². The first kappa shape index (κ1) is 20.7. The van der Waals surface area contributed by atoms with E-state index in [1.165, 1.54) is 6.33 Å². The summed E-state index contributed by atoms with van der Waals surface area (Å²) in [7, 11) is 0. The lowest BCUT2D eigenvalue weighted by Gasteiger charge is -2.25. The van der Waals surface area contributed by atoms with E-state index in [9.17, 15) is 4.79 Å². The van der Waals surface area contributed by atoms with E-state index in [0.717, 1.165) is 33.7 Å². The van der Waals surface area contributed by atoms with Gasteiger partial charge in [0.25, 0.3) is 0 Å². The highest BCUT2D eigenvalue weighted by Gasteiger charge is 2.32. The summed E-state index contributed by atoms with van der Waals surface area (Å²) >= 11 is 6.06. The Kier molecular flexibility index (Phi) is 5.40. The molecule has 1 aliphatic heterocycles. The second-order valence-corrected chi connectivity index (χ2v) is 8.78. The Balaban J connectivity index is 1.37. The van der Waals surface area contributed by atoms with Crippen LogP contribution in [0.15, 0.2) is 49.1 Å². The van der Waals surface area contributed by atoms with Crippen LogP contribution in [0.1, 0.15) is 36.6 Å². The number of aromatic nitrogens is 5. The van der Waals surface area contributed by atoms with Gasteiger partial charge < -0.3 is 15.2 Å². The van der Waals surface area contributed by atoms with Crippen molar-refractivity contribution >= 4 is 28.5 Å². The number of hydrogen-bond acceptors (Lipinski definition) is 5. The highest BCUT2D eigenvalue weighted by Crippen LogP contribution is 2.28. The van der Waals surface area contributed by atoms with Gasteiger partial charge in [-0.15, -0.1) is 0 Å². The molecule has 0 fully saturated rings. The fraction of sp³-hybridized carbons (Fsp3) is 0.304. The fourth-order valence-corrected chi connectivity index (χ4v) is 4.20. The van der Waals surface area contributed by atoms with Crippen LogP contribution < -0.4 is 5.32 Å². The SMILES string of the molecule is CC(C)NC[C@@H](C(=O)N1Cc2cn(-c3ncnc4[nH]ccc34)nc2C1)c1ccc(Cl)cc1. The zero-order valence-electron chi connectivity index (χ0n) is 17.9. The molecule has 0 spiro atoms. The van der Waals surface area contributed by atoms with Gasteiger partial charge in [0.15, 0.2) is 5.82 Å². The van der Waals surface area contributed by atoms with Gasteiger partial charge in [-0.2, -0.15) is 5.10 Å². The third-order valence-electron chi connectivity index (χ3n) is 5.74. The third kappa shape index (κ3) is 3.87. The number of carbonyl (C=O) groups is 1.